The minimum atomic E-state index is -0.373. The predicted molar refractivity (Wildman–Crippen MR) is 140 cm³/mol. The lowest BCUT2D eigenvalue weighted by molar-refractivity contribution is -0.384. The van der Waals surface area contributed by atoms with Crippen LogP contribution >= 0.6 is 11.6 Å². The minimum Gasteiger partial charge on any atom is -0.364 e. The Bertz CT molecular complexity index is 1470. The summed E-state index contributed by atoms with van der Waals surface area (Å²) >= 11 is 6.42. The van der Waals surface area contributed by atoms with E-state index in [4.69, 9.17) is 11.6 Å². The molecule has 0 saturated carbocycles. The maximum atomic E-state index is 14.4. The van der Waals surface area contributed by atoms with E-state index < -0.39 is 0 Å². The van der Waals surface area contributed by atoms with Crippen LogP contribution in [-0.4, -0.2) is 57.6 Å². The van der Waals surface area contributed by atoms with Crippen LogP contribution in [0, 0.1) is 15.9 Å². The van der Waals surface area contributed by atoms with E-state index in [0.717, 1.165) is 19.5 Å². The Morgan fingerprint density at radius 1 is 1.28 bits per heavy atom. The molecule has 1 N–H and O–H groups in total. The van der Waals surface area contributed by atoms with Crippen LogP contribution < -0.4 is 10.2 Å². The van der Waals surface area contributed by atoms with Gasteiger partial charge in [-0.3, -0.25) is 10.1 Å². The normalized spacial score (nSPS) is 15.7. The van der Waals surface area contributed by atoms with E-state index in [1.165, 1.54) is 18.3 Å². The average molecular weight is 510 g/mol. The van der Waals surface area contributed by atoms with E-state index >= 15 is 0 Å². The number of halogens is 2. The number of hydrogen-bond acceptors (Lipinski definition) is 7. The van der Waals surface area contributed by atoms with Crippen molar-refractivity contribution < 1.29 is 9.31 Å². The highest BCUT2D eigenvalue weighted by atomic mass is 35.5. The Balaban J connectivity index is 1.47. The number of nitro benzene ring substituents is 1. The predicted octanol–water partition coefficient (Wildman–Crippen LogP) is 5.22. The van der Waals surface area contributed by atoms with Gasteiger partial charge in [-0.05, 0) is 38.7 Å². The van der Waals surface area contributed by atoms with Gasteiger partial charge >= 0.3 is 0 Å². The molecule has 11 heteroatoms. The Morgan fingerprint density at radius 2 is 2.08 bits per heavy atom. The average Bonchev–Trinajstić information content (AvgIpc) is 3.46. The van der Waals surface area contributed by atoms with Gasteiger partial charge in [0.25, 0.3) is 5.69 Å². The number of likely N-dealkylation sites (N-methyl/N-ethyl adjacent to an activating group) is 1. The van der Waals surface area contributed by atoms with Crippen molar-refractivity contribution in [2.45, 2.75) is 12.5 Å². The van der Waals surface area contributed by atoms with Gasteiger partial charge in [0, 0.05) is 55.1 Å². The van der Waals surface area contributed by atoms with Crippen LogP contribution in [0.5, 0.6) is 0 Å². The van der Waals surface area contributed by atoms with Crippen molar-refractivity contribution in [1.82, 2.24) is 19.4 Å². The molecule has 2 aromatic carbocycles. The smallest absolute Gasteiger partial charge is 0.294 e. The lowest BCUT2D eigenvalue weighted by Gasteiger charge is -2.22. The van der Waals surface area contributed by atoms with Crippen LogP contribution in [0.25, 0.3) is 22.2 Å². The van der Waals surface area contributed by atoms with Gasteiger partial charge in [-0.2, -0.15) is 0 Å². The van der Waals surface area contributed by atoms with E-state index in [0.29, 0.717) is 44.6 Å². The van der Waals surface area contributed by atoms with E-state index in [1.807, 2.05) is 19.0 Å². The fourth-order valence-electron chi connectivity index (χ4n) is 4.75. The van der Waals surface area contributed by atoms with Crippen LogP contribution in [0.1, 0.15) is 6.42 Å². The van der Waals surface area contributed by atoms with Gasteiger partial charge in [0.05, 0.1) is 27.4 Å². The van der Waals surface area contributed by atoms with Crippen LogP contribution in [0.4, 0.5) is 27.4 Å². The third-order valence-electron chi connectivity index (χ3n) is 6.61. The third kappa shape index (κ3) is 4.33. The van der Waals surface area contributed by atoms with Crippen molar-refractivity contribution in [3.8, 4) is 11.3 Å². The molecule has 1 atom stereocenters. The molecule has 0 aliphatic carbocycles. The molecule has 1 saturated heterocycles. The molecule has 3 heterocycles. The Kier molecular flexibility index (Phi) is 6.23. The first kappa shape index (κ1) is 24.0. The largest absolute Gasteiger partial charge is 0.364 e. The molecule has 0 spiro atoms. The number of rotatable bonds is 6. The van der Waals surface area contributed by atoms with Gasteiger partial charge in [0.15, 0.2) is 0 Å². The number of aromatic nitrogens is 3. The van der Waals surface area contributed by atoms with Crippen molar-refractivity contribution in [2.75, 3.05) is 37.4 Å². The first-order chi connectivity index (χ1) is 17.2. The number of aryl methyl sites for hydroxylation is 1. The van der Waals surface area contributed by atoms with Gasteiger partial charge in [-0.25, -0.2) is 14.4 Å². The fraction of sp³-hybridized carbons (Fsp3) is 0.280. The molecule has 2 aromatic heterocycles. The van der Waals surface area contributed by atoms with E-state index in [2.05, 4.69) is 20.2 Å². The highest BCUT2D eigenvalue weighted by Gasteiger charge is 2.29. The summed E-state index contributed by atoms with van der Waals surface area (Å²) in [5.74, 6) is -0.120. The van der Waals surface area contributed by atoms with Crippen molar-refractivity contribution in [2.24, 2.45) is 7.05 Å². The number of nitrogens with zero attached hydrogens (tertiary/aromatic N) is 6. The fourth-order valence-corrected chi connectivity index (χ4v) is 4.94. The zero-order valence-electron chi connectivity index (χ0n) is 20.1. The SMILES string of the molecule is CN(C)[C@H]1CCN(c2ccc(Nc3ncc(Cl)c(-c4cn(C)c5c(F)cccc45)n3)cc2[N+](=O)[O-])C1. The molecule has 0 radical (unpaired) electrons. The molecule has 36 heavy (non-hydrogen) atoms. The van der Waals surface area contributed by atoms with Gasteiger partial charge in [-0.1, -0.05) is 23.7 Å². The van der Waals surface area contributed by atoms with Crippen LogP contribution in [0.2, 0.25) is 5.02 Å². The molecule has 4 aromatic rings. The number of anilines is 3. The summed E-state index contributed by atoms with van der Waals surface area (Å²) in [6.45, 7) is 1.49. The number of nitro groups is 1. The molecule has 0 amide bonds. The summed E-state index contributed by atoms with van der Waals surface area (Å²) in [6.07, 6.45) is 4.17. The molecule has 9 nitrogen and oxygen atoms in total. The van der Waals surface area contributed by atoms with Crippen molar-refractivity contribution in [3.05, 3.63) is 69.7 Å². The Morgan fingerprint density at radius 3 is 2.81 bits per heavy atom. The van der Waals surface area contributed by atoms with Gasteiger partial charge in [0.1, 0.15) is 11.5 Å². The maximum Gasteiger partial charge on any atom is 0.294 e. The molecule has 5 rings (SSSR count). The lowest BCUT2D eigenvalue weighted by atomic mass is 10.1. The first-order valence-corrected chi connectivity index (χ1v) is 11.8. The zero-order valence-corrected chi connectivity index (χ0v) is 20.8. The second-order valence-electron chi connectivity index (χ2n) is 9.12. The van der Waals surface area contributed by atoms with Crippen LogP contribution in [0.3, 0.4) is 0 Å². The van der Waals surface area contributed by atoms with Crippen molar-refractivity contribution in [3.63, 3.8) is 0 Å². The summed E-state index contributed by atoms with van der Waals surface area (Å²) in [5, 5.41) is 15.9. The highest BCUT2D eigenvalue weighted by Crippen LogP contribution is 2.36. The molecule has 0 bridgehead atoms. The number of benzene rings is 2. The van der Waals surface area contributed by atoms with Crippen LogP contribution in [0.15, 0.2) is 48.8 Å². The second-order valence-corrected chi connectivity index (χ2v) is 9.52. The molecule has 0 unspecified atom stereocenters. The van der Waals surface area contributed by atoms with E-state index in [1.54, 1.807) is 42.1 Å². The van der Waals surface area contributed by atoms with Crippen molar-refractivity contribution >= 4 is 45.5 Å². The van der Waals surface area contributed by atoms with Gasteiger partial charge in [0.2, 0.25) is 5.95 Å². The number of para-hydroxylation sites is 1. The summed E-state index contributed by atoms with van der Waals surface area (Å²) < 4.78 is 16.1. The van der Waals surface area contributed by atoms with Gasteiger partial charge in [-0.15, -0.1) is 0 Å². The number of hydrogen-bond donors (Lipinski definition) is 1. The minimum absolute atomic E-state index is 0.0121. The second kappa shape index (κ2) is 9.36. The number of nitrogens with one attached hydrogen (secondary N) is 1. The third-order valence-corrected chi connectivity index (χ3v) is 6.89. The monoisotopic (exact) mass is 509 g/mol. The Labute approximate surface area is 212 Å². The summed E-state index contributed by atoms with van der Waals surface area (Å²) in [5.41, 5.74) is 2.62. The lowest BCUT2D eigenvalue weighted by Crippen LogP contribution is -2.31. The quantitative estimate of drug-likeness (QED) is 0.281. The summed E-state index contributed by atoms with van der Waals surface area (Å²) in [7, 11) is 5.79. The summed E-state index contributed by atoms with van der Waals surface area (Å²) in [4.78, 5) is 24.5. The topological polar surface area (TPSA) is 92.4 Å². The maximum absolute atomic E-state index is 14.4. The molecule has 1 fully saturated rings. The van der Waals surface area contributed by atoms with E-state index in [-0.39, 0.29) is 22.4 Å². The number of fused-ring (bicyclic) bond motifs is 1. The highest BCUT2D eigenvalue weighted by molar-refractivity contribution is 6.33. The van der Waals surface area contributed by atoms with E-state index in [9.17, 15) is 14.5 Å². The molecule has 1 aliphatic rings. The zero-order chi connectivity index (χ0) is 25.6. The Hall–Kier alpha value is -3.76. The standard InChI is InChI=1S/C25H25ClFN7O2/c1-31(2)16-9-10-33(13-16)21-8-7-15(11-22(21)34(35)36)29-25-28-12-19(26)23(30-25)18-14-32(3)24-17(18)5-4-6-20(24)27/h4-8,11-12,14,16H,9-10,13H2,1-3H3,(H,28,29,30)/t16-/m0/s1. The van der Waals surface area contributed by atoms with Gasteiger partial charge < -0.3 is 19.7 Å². The van der Waals surface area contributed by atoms with Crippen molar-refractivity contribution in [1.29, 1.82) is 0 Å². The molecular weight excluding hydrogens is 485 g/mol. The molecular formula is C25H25ClFN7O2. The summed E-state index contributed by atoms with van der Waals surface area (Å²) in [6, 6.07) is 10.2. The first-order valence-electron chi connectivity index (χ1n) is 11.5. The molecule has 186 valence electrons. The van der Waals surface area contributed by atoms with Crippen LogP contribution in [-0.2, 0) is 7.05 Å². The molecule has 1 aliphatic heterocycles.